The van der Waals surface area contributed by atoms with E-state index in [1.165, 1.54) is 5.56 Å². The molecular weight excluding hydrogens is 274 g/mol. The maximum atomic E-state index is 9.06. The first-order chi connectivity index (χ1) is 9.76. The number of methoxy groups -OCH3 is 1. The lowest BCUT2D eigenvalue weighted by Gasteiger charge is -2.07. The van der Waals surface area contributed by atoms with Gasteiger partial charge >= 0.3 is 0 Å². The third-order valence-corrected chi connectivity index (χ3v) is 4.19. The summed E-state index contributed by atoms with van der Waals surface area (Å²) >= 11 is 1.65. The molecule has 20 heavy (non-hydrogen) atoms. The fourth-order valence-electron chi connectivity index (χ4n) is 1.94. The van der Waals surface area contributed by atoms with E-state index in [1.807, 2.05) is 29.8 Å². The minimum absolute atomic E-state index is 0.0781. The maximum Gasteiger partial charge on any atom is 0.191 e. The molecule has 0 atom stereocenters. The number of hydrogen-bond acceptors (Lipinski definition) is 5. The topological polar surface area (TPSA) is 60.2 Å². The Morgan fingerprint density at radius 3 is 2.80 bits per heavy atom. The van der Waals surface area contributed by atoms with Crippen molar-refractivity contribution in [1.29, 1.82) is 0 Å². The lowest BCUT2D eigenvalue weighted by Crippen LogP contribution is -1.99. The van der Waals surface area contributed by atoms with Crippen molar-refractivity contribution in [3.05, 3.63) is 35.7 Å². The lowest BCUT2D eigenvalue weighted by molar-refractivity contribution is 0.266. The van der Waals surface area contributed by atoms with Crippen LogP contribution in [-0.2, 0) is 20.1 Å². The molecule has 1 aromatic heterocycles. The zero-order chi connectivity index (χ0) is 14.4. The first kappa shape index (κ1) is 14.9. The number of aliphatic hydroxyl groups excluding tert-OH is 1. The van der Waals surface area contributed by atoms with Gasteiger partial charge in [-0.2, -0.15) is 0 Å². The van der Waals surface area contributed by atoms with Crippen LogP contribution in [0.2, 0.25) is 0 Å². The van der Waals surface area contributed by atoms with Crippen LogP contribution >= 0.6 is 11.8 Å². The van der Waals surface area contributed by atoms with Crippen molar-refractivity contribution in [3.63, 3.8) is 0 Å². The summed E-state index contributed by atoms with van der Waals surface area (Å²) < 4.78 is 7.16. The summed E-state index contributed by atoms with van der Waals surface area (Å²) in [6.07, 6.45) is 2.01. The molecule has 1 aromatic carbocycles. The fourth-order valence-corrected chi connectivity index (χ4v) is 2.81. The van der Waals surface area contributed by atoms with Gasteiger partial charge in [0.2, 0.25) is 0 Å². The molecule has 0 radical (unpaired) electrons. The Morgan fingerprint density at radius 2 is 2.10 bits per heavy atom. The van der Waals surface area contributed by atoms with E-state index in [-0.39, 0.29) is 6.61 Å². The highest BCUT2D eigenvalue weighted by Gasteiger charge is 2.08. The van der Waals surface area contributed by atoms with Crippen LogP contribution in [0.15, 0.2) is 29.4 Å². The summed E-state index contributed by atoms with van der Waals surface area (Å²) in [5, 5.41) is 17.9. The largest absolute Gasteiger partial charge is 0.496 e. The Kier molecular flexibility index (Phi) is 5.43. The van der Waals surface area contributed by atoms with E-state index in [0.717, 1.165) is 29.5 Å². The first-order valence-corrected chi connectivity index (χ1v) is 7.48. The highest BCUT2D eigenvalue weighted by atomic mass is 32.2. The number of ether oxygens (including phenoxy) is 1. The smallest absolute Gasteiger partial charge is 0.191 e. The van der Waals surface area contributed by atoms with Gasteiger partial charge in [-0.25, -0.2) is 0 Å². The second kappa shape index (κ2) is 7.31. The molecule has 108 valence electrons. The van der Waals surface area contributed by atoms with Gasteiger partial charge in [0.05, 0.1) is 7.11 Å². The molecule has 0 unspecified atom stereocenters. The van der Waals surface area contributed by atoms with E-state index >= 15 is 0 Å². The summed E-state index contributed by atoms with van der Waals surface area (Å²) in [5.74, 6) is 2.49. The Hall–Kier alpha value is -1.53. The van der Waals surface area contributed by atoms with Gasteiger partial charge in [-0.1, -0.05) is 30.0 Å². The van der Waals surface area contributed by atoms with Gasteiger partial charge in [0.15, 0.2) is 11.0 Å². The van der Waals surface area contributed by atoms with Gasteiger partial charge in [0.1, 0.15) is 12.4 Å². The number of nitrogens with zero attached hydrogens (tertiary/aromatic N) is 3. The lowest BCUT2D eigenvalue weighted by atomic mass is 10.1. The number of hydrogen-bond donors (Lipinski definition) is 1. The molecule has 2 rings (SSSR count). The van der Waals surface area contributed by atoms with E-state index in [4.69, 9.17) is 9.84 Å². The summed E-state index contributed by atoms with van der Waals surface area (Å²) in [5.41, 5.74) is 1.23. The SMILES string of the molecule is COc1ccccc1CCCSc1nnc(CO)n1C. The number of benzene rings is 1. The van der Waals surface area contributed by atoms with Crippen LogP contribution in [0.25, 0.3) is 0 Å². The number of rotatable bonds is 7. The van der Waals surface area contributed by atoms with E-state index in [2.05, 4.69) is 16.3 Å². The van der Waals surface area contributed by atoms with Crippen molar-refractivity contribution in [2.75, 3.05) is 12.9 Å². The van der Waals surface area contributed by atoms with Crippen LogP contribution in [0.5, 0.6) is 5.75 Å². The van der Waals surface area contributed by atoms with E-state index < -0.39 is 0 Å². The van der Waals surface area contributed by atoms with Crippen LogP contribution in [0, 0.1) is 0 Å². The molecule has 0 saturated heterocycles. The molecule has 0 saturated carbocycles. The molecule has 0 aliphatic rings. The molecule has 2 aromatic rings. The van der Waals surface area contributed by atoms with Crippen molar-refractivity contribution < 1.29 is 9.84 Å². The summed E-state index contributed by atoms with van der Waals surface area (Å²) in [4.78, 5) is 0. The molecule has 0 aliphatic heterocycles. The molecular formula is C14H19N3O2S. The molecule has 1 heterocycles. The molecule has 5 nitrogen and oxygen atoms in total. The number of para-hydroxylation sites is 1. The molecule has 0 spiro atoms. The Bertz CT molecular complexity index is 557. The van der Waals surface area contributed by atoms with Crippen LogP contribution in [0.3, 0.4) is 0 Å². The molecule has 0 aliphatic carbocycles. The average molecular weight is 293 g/mol. The number of aryl methyl sites for hydroxylation is 1. The van der Waals surface area contributed by atoms with Crippen molar-refractivity contribution >= 4 is 11.8 Å². The van der Waals surface area contributed by atoms with Crippen LogP contribution in [0.4, 0.5) is 0 Å². The van der Waals surface area contributed by atoms with Gasteiger partial charge in [0.25, 0.3) is 0 Å². The summed E-state index contributed by atoms with van der Waals surface area (Å²) in [6, 6.07) is 8.09. The molecule has 6 heteroatoms. The maximum absolute atomic E-state index is 9.06. The standard InChI is InChI=1S/C14H19N3O2S/c1-17-13(10-18)15-16-14(17)20-9-5-7-11-6-3-4-8-12(11)19-2/h3-4,6,8,18H,5,7,9-10H2,1-2H3. The predicted octanol–water partition coefficient (Wildman–Crippen LogP) is 2.04. The van der Waals surface area contributed by atoms with Crippen LogP contribution < -0.4 is 4.74 Å². The van der Waals surface area contributed by atoms with Gasteiger partial charge in [-0.3, -0.25) is 0 Å². The van der Waals surface area contributed by atoms with Crippen LogP contribution in [0.1, 0.15) is 17.8 Å². The zero-order valence-corrected chi connectivity index (χ0v) is 12.6. The van der Waals surface area contributed by atoms with Crippen molar-refractivity contribution in [1.82, 2.24) is 14.8 Å². The molecule has 0 bridgehead atoms. The third kappa shape index (κ3) is 3.52. The van der Waals surface area contributed by atoms with Gasteiger partial charge in [-0.15, -0.1) is 10.2 Å². The number of thioether (sulfide) groups is 1. The predicted molar refractivity (Wildman–Crippen MR) is 79.0 cm³/mol. The minimum atomic E-state index is -0.0781. The van der Waals surface area contributed by atoms with Gasteiger partial charge in [0, 0.05) is 12.8 Å². The van der Waals surface area contributed by atoms with Crippen LogP contribution in [-0.4, -0.2) is 32.7 Å². The second-order valence-electron chi connectivity index (χ2n) is 4.38. The zero-order valence-electron chi connectivity index (χ0n) is 11.7. The Balaban J connectivity index is 1.83. The second-order valence-corrected chi connectivity index (χ2v) is 5.44. The minimum Gasteiger partial charge on any atom is -0.496 e. The highest BCUT2D eigenvalue weighted by molar-refractivity contribution is 7.99. The normalized spacial score (nSPS) is 10.8. The fraction of sp³-hybridized carbons (Fsp3) is 0.429. The van der Waals surface area contributed by atoms with Crippen molar-refractivity contribution in [2.24, 2.45) is 7.05 Å². The van der Waals surface area contributed by atoms with E-state index in [0.29, 0.717) is 5.82 Å². The van der Waals surface area contributed by atoms with E-state index in [1.54, 1.807) is 18.9 Å². The quantitative estimate of drug-likeness (QED) is 0.625. The number of aliphatic hydroxyl groups is 1. The summed E-state index contributed by atoms with van der Waals surface area (Å²) in [7, 11) is 3.57. The van der Waals surface area contributed by atoms with E-state index in [9.17, 15) is 0 Å². The summed E-state index contributed by atoms with van der Waals surface area (Å²) in [6.45, 7) is -0.0781. The Morgan fingerprint density at radius 1 is 1.30 bits per heavy atom. The van der Waals surface area contributed by atoms with Crippen molar-refractivity contribution in [2.45, 2.75) is 24.6 Å². The molecule has 0 fully saturated rings. The third-order valence-electron chi connectivity index (χ3n) is 3.08. The van der Waals surface area contributed by atoms with Crippen molar-refractivity contribution in [3.8, 4) is 5.75 Å². The van der Waals surface area contributed by atoms with Gasteiger partial charge < -0.3 is 14.4 Å². The van der Waals surface area contributed by atoms with Gasteiger partial charge in [-0.05, 0) is 24.5 Å². The Labute approximate surface area is 123 Å². The highest BCUT2D eigenvalue weighted by Crippen LogP contribution is 2.21. The molecule has 0 amide bonds. The monoisotopic (exact) mass is 293 g/mol. The average Bonchev–Trinajstić information content (AvgIpc) is 2.84. The number of aromatic nitrogens is 3. The molecule has 1 N–H and O–H groups in total. The first-order valence-electron chi connectivity index (χ1n) is 6.50.